The zero-order valence-electron chi connectivity index (χ0n) is 17.6. The van der Waals surface area contributed by atoms with E-state index in [1.807, 2.05) is 26.0 Å². The summed E-state index contributed by atoms with van der Waals surface area (Å²) in [4.78, 5) is 21.8. The molecule has 10 heteroatoms. The van der Waals surface area contributed by atoms with E-state index >= 15 is 0 Å². The van der Waals surface area contributed by atoms with E-state index in [0.29, 0.717) is 47.7 Å². The van der Waals surface area contributed by atoms with Crippen molar-refractivity contribution in [3.63, 3.8) is 0 Å². The summed E-state index contributed by atoms with van der Waals surface area (Å²) in [6, 6.07) is 15.7. The molecule has 2 aromatic heterocycles. The molecule has 0 saturated heterocycles. The quantitative estimate of drug-likeness (QED) is 0.185. The molecule has 0 bridgehead atoms. The molecular weight excluding hydrogens is 407 g/mol. The first-order chi connectivity index (χ1) is 15.6. The zero-order chi connectivity index (χ0) is 22.5. The van der Waals surface area contributed by atoms with Gasteiger partial charge < -0.3 is 20.6 Å². The Morgan fingerprint density at radius 2 is 1.94 bits per heavy atom. The number of amides is 1. The van der Waals surface area contributed by atoms with Gasteiger partial charge in [-0.05, 0) is 36.1 Å². The van der Waals surface area contributed by atoms with Crippen LogP contribution in [0.4, 0.5) is 5.82 Å². The van der Waals surface area contributed by atoms with Crippen LogP contribution in [0.5, 0.6) is 11.5 Å². The molecule has 2 heterocycles. The minimum Gasteiger partial charge on any atom is -0.507 e. The number of nitrogens with one attached hydrogen (secondary N) is 2. The molecule has 0 aliphatic carbocycles. The van der Waals surface area contributed by atoms with Crippen molar-refractivity contribution in [3.05, 3.63) is 66.4 Å². The number of fused-ring (bicyclic) bond motifs is 1. The molecule has 2 aromatic carbocycles. The summed E-state index contributed by atoms with van der Waals surface area (Å²) in [5.41, 5.74) is 3.32. The highest BCUT2D eigenvalue weighted by Crippen LogP contribution is 2.29. The highest BCUT2D eigenvalue weighted by atomic mass is 16.6. The van der Waals surface area contributed by atoms with E-state index in [1.54, 1.807) is 47.1 Å². The van der Waals surface area contributed by atoms with Crippen molar-refractivity contribution in [2.24, 2.45) is 5.90 Å². The molecule has 0 atom stereocenters. The summed E-state index contributed by atoms with van der Waals surface area (Å²) >= 11 is 0. The van der Waals surface area contributed by atoms with Crippen molar-refractivity contribution in [2.45, 2.75) is 6.42 Å². The van der Waals surface area contributed by atoms with E-state index < -0.39 is 0 Å². The Bertz CT molecular complexity index is 1260. The standard InChI is InChI=1S/C22H23BN6O3/c23-16-13-27-29-20(12-17(28-21(16)29)14-6-1-3-8-18(14)30)25-10-5-11-26-22(31)15-7-2-4-9-19(15)32-24/h1-4,6-9,12-13,25,30H,5,10-11,23-24H2,(H,26,31). The predicted molar refractivity (Wildman–Crippen MR) is 125 cm³/mol. The Balaban J connectivity index is 1.43. The number of carbonyl (C=O) groups is 1. The molecule has 0 fully saturated rings. The molecule has 0 aliphatic heterocycles. The molecule has 0 unspecified atom stereocenters. The molecule has 4 aromatic rings. The van der Waals surface area contributed by atoms with Gasteiger partial charge in [-0.25, -0.2) is 4.98 Å². The lowest BCUT2D eigenvalue weighted by atomic mass is 10.0. The van der Waals surface area contributed by atoms with Gasteiger partial charge in [0.25, 0.3) is 5.91 Å². The van der Waals surface area contributed by atoms with Gasteiger partial charge in [-0.3, -0.25) is 4.79 Å². The summed E-state index contributed by atoms with van der Waals surface area (Å²) < 4.78 is 1.73. The fourth-order valence-corrected chi connectivity index (χ4v) is 3.39. The number of benzene rings is 2. The van der Waals surface area contributed by atoms with Gasteiger partial charge in [0, 0.05) is 30.9 Å². The fourth-order valence-electron chi connectivity index (χ4n) is 3.39. The van der Waals surface area contributed by atoms with Crippen molar-refractivity contribution in [1.82, 2.24) is 19.9 Å². The number of hydrogen-bond donors (Lipinski definition) is 4. The van der Waals surface area contributed by atoms with Crippen molar-refractivity contribution in [2.75, 3.05) is 18.4 Å². The molecule has 9 nitrogen and oxygen atoms in total. The number of nitrogens with two attached hydrogens (primary N) is 1. The fraction of sp³-hybridized carbons (Fsp3) is 0.136. The first kappa shape index (κ1) is 21.2. The molecule has 0 saturated carbocycles. The van der Waals surface area contributed by atoms with Crippen molar-refractivity contribution < 1.29 is 14.7 Å². The maximum absolute atomic E-state index is 12.4. The maximum atomic E-state index is 12.4. The highest BCUT2D eigenvalue weighted by molar-refractivity contribution is 6.36. The lowest BCUT2D eigenvalue weighted by Crippen LogP contribution is -2.26. The molecule has 5 N–H and O–H groups in total. The number of phenols is 1. The number of para-hydroxylation sites is 2. The van der Waals surface area contributed by atoms with Crippen LogP contribution in [-0.4, -0.2) is 46.5 Å². The summed E-state index contributed by atoms with van der Waals surface area (Å²) in [6.45, 7) is 1.05. The number of aromatic nitrogens is 3. The SMILES string of the molecule is Bc1cnn2c(NCCCNC(=O)c3ccccc3ON)cc(-c3ccccc3O)nc12. The van der Waals surface area contributed by atoms with Gasteiger partial charge in [-0.2, -0.15) is 15.5 Å². The minimum absolute atomic E-state index is 0.164. The first-order valence-corrected chi connectivity index (χ1v) is 10.2. The second-order valence-corrected chi connectivity index (χ2v) is 7.26. The number of phenolic OH excluding ortho intramolecular Hbond substituents is 1. The summed E-state index contributed by atoms with van der Waals surface area (Å²) in [6.07, 6.45) is 2.42. The van der Waals surface area contributed by atoms with E-state index in [9.17, 15) is 9.90 Å². The number of rotatable bonds is 8. The molecular formula is C22H23BN6O3. The van der Waals surface area contributed by atoms with Crippen LogP contribution in [0.2, 0.25) is 0 Å². The van der Waals surface area contributed by atoms with Crippen LogP contribution < -0.4 is 26.8 Å². The Labute approximate surface area is 185 Å². The third-order valence-corrected chi connectivity index (χ3v) is 5.03. The molecule has 0 aliphatic rings. The third kappa shape index (κ3) is 4.35. The van der Waals surface area contributed by atoms with Gasteiger partial charge in [-0.1, -0.05) is 24.3 Å². The molecule has 0 radical (unpaired) electrons. The maximum Gasteiger partial charge on any atom is 0.255 e. The first-order valence-electron chi connectivity index (χ1n) is 10.2. The topological polar surface area (TPSA) is 127 Å². The molecule has 162 valence electrons. The average Bonchev–Trinajstić information content (AvgIpc) is 3.19. The van der Waals surface area contributed by atoms with Gasteiger partial charge in [0.15, 0.2) is 11.4 Å². The van der Waals surface area contributed by atoms with Crippen LogP contribution in [0, 0.1) is 0 Å². The van der Waals surface area contributed by atoms with Crippen LogP contribution in [-0.2, 0) is 0 Å². The number of nitrogens with zero attached hydrogens (tertiary/aromatic N) is 3. The summed E-state index contributed by atoms with van der Waals surface area (Å²) in [7, 11) is 1.94. The van der Waals surface area contributed by atoms with Gasteiger partial charge in [-0.15, -0.1) is 0 Å². The van der Waals surface area contributed by atoms with Gasteiger partial charge in [0.2, 0.25) is 0 Å². The summed E-state index contributed by atoms with van der Waals surface area (Å²) in [5, 5.41) is 20.8. The Morgan fingerprint density at radius 1 is 1.16 bits per heavy atom. The smallest absolute Gasteiger partial charge is 0.255 e. The number of aromatic hydroxyl groups is 1. The Hall–Kier alpha value is -4.05. The minimum atomic E-state index is -0.248. The normalized spacial score (nSPS) is 10.8. The Kier molecular flexibility index (Phi) is 6.23. The summed E-state index contributed by atoms with van der Waals surface area (Å²) in [5.74, 6) is 6.21. The monoisotopic (exact) mass is 430 g/mol. The van der Waals surface area contributed by atoms with Gasteiger partial charge in [0.1, 0.15) is 19.4 Å². The zero-order valence-corrected chi connectivity index (χ0v) is 17.6. The third-order valence-electron chi connectivity index (χ3n) is 5.03. The van der Waals surface area contributed by atoms with E-state index in [1.165, 1.54) is 0 Å². The largest absolute Gasteiger partial charge is 0.507 e. The van der Waals surface area contributed by atoms with E-state index in [4.69, 9.17) is 10.7 Å². The second kappa shape index (κ2) is 9.40. The number of anilines is 1. The van der Waals surface area contributed by atoms with Crippen molar-refractivity contribution in [1.29, 1.82) is 0 Å². The van der Waals surface area contributed by atoms with Crippen LogP contribution in [0.25, 0.3) is 16.9 Å². The molecule has 0 spiro atoms. The van der Waals surface area contributed by atoms with Gasteiger partial charge >= 0.3 is 0 Å². The van der Waals surface area contributed by atoms with Crippen molar-refractivity contribution in [3.8, 4) is 22.8 Å². The van der Waals surface area contributed by atoms with E-state index in [0.717, 1.165) is 11.3 Å². The van der Waals surface area contributed by atoms with Crippen LogP contribution >= 0.6 is 0 Å². The number of hydrogen-bond acceptors (Lipinski definition) is 7. The van der Waals surface area contributed by atoms with E-state index in [2.05, 4.69) is 20.7 Å². The van der Waals surface area contributed by atoms with Crippen LogP contribution in [0.3, 0.4) is 0 Å². The molecule has 32 heavy (non-hydrogen) atoms. The molecule has 4 rings (SSSR count). The molecule has 1 amide bonds. The highest BCUT2D eigenvalue weighted by Gasteiger charge is 2.13. The predicted octanol–water partition coefficient (Wildman–Crippen LogP) is 0.845. The van der Waals surface area contributed by atoms with Crippen molar-refractivity contribution >= 4 is 30.7 Å². The lowest BCUT2D eigenvalue weighted by Gasteiger charge is -2.12. The lowest BCUT2D eigenvalue weighted by molar-refractivity contribution is 0.0949. The van der Waals surface area contributed by atoms with Crippen LogP contribution in [0.15, 0.2) is 60.8 Å². The number of carbonyl (C=O) groups excluding carboxylic acids is 1. The van der Waals surface area contributed by atoms with E-state index in [-0.39, 0.29) is 11.7 Å². The van der Waals surface area contributed by atoms with Gasteiger partial charge in [0.05, 0.1) is 11.3 Å². The van der Waals surface area contributed by atoms with Crippen LogP contribution in [0.1, 0.15) is 16.8 Å². The average molecular weight is 430 g/mol. The Morgan fingerprint density at radius 3 is 2.75 bits per heavy atom. The second-order valence-electron chi connectivity index (χ2n) is 7.26.